The summed E-state index contributed by atoms with van der Waals surface area (Å²) in [5.41, 5.74) is 4.61. The Kier molecular flexibility index (Phi) is 5.63. The zero-order valence-corrected chi connectivity index (χ0v) is 19.1. The average Bonchev–Trinajstić information content (AvgIpc) is 3.57. The number of amides is 1. The van der Waals surface area contributed by atoms with E-state index in [2.05, 4.69) is 39.8 Å². The molecule has 6 nitrogen and oxygen atoms in total. The van der Waals surface area contributed by atoms with Crippen molar-refractivity contribution in [1.82, 2.24) is 20.1 Å². The number of carbonyl (C=O) groups excluding carboxylic acids is 1. The second-order valence-electron chi connectivity index (χ2n) is 7.71. The maximum absolute atomic E-state index is 12.9. The summed E-state index contributed by atoms with van der Waals surface area (Å²) in [5.74, 6) is 1.56. The molecule has 4 aromatic rings. The van der Waals surface area contributed by atoms with Gasteiger partial charge in [-0.15, -0.1) is 11.3 Å². The minimum atomic E-state index is -0.480. The van der Waals surface area contributed by atoms with Crippen LogP contribution in [0.5, 0.6) is 5.75 Å². The highest BCUT2D eigenvalue weighted by Gasteiger charge is 2.21. The van der Waals surface area contributed by atoms with Gasteiger partial charge in [0.25, 0.3) is 0 Å². The fraction of sp³-hybridized carbons (Fsp3) is 0.208. The predicted octanol–water partition coefficient (Wildman–Crippen LogP) is 5.15. The monoisotopic (exact) mass is 462 g/mol. The summed E-state index contributed by atoms with van der Waals surface area (Å²) in [6.45, 7) is 3.04. The molecule has 32 heavy (non-hydrogen) atoms. The normalized spacial score (nSPS) is 13.4. The molecule has 0 bridgehead atoms. The van der Waals surface area contributed by atoms with Gasteiger partial charge in [-0.3, -0.25) is 14.5 Å². The highest BCUT2D eigenvalue weighted by atomic mass is 32.1. The summed E-state index contributed by atoms with van der Waals surface area (Å²) in [6, 6.07) is 18.0. The van der Waals surface area contributed by atoms with Crippen molar-refractivity contribution in [1.29, 1.82) is 0 Å². The molecule has 1 unspecified atom stereocenters. The lowest BCUT2D eigenvalue weighted by molar-refractivity contribution is -0.124. The number of aromatic amines is 1. The van der Waals surface area contributed by atoms with E-state index in [1.807, 2.05) is 42.6 Å². The number of hydrogen-bond acceptors (Lipinski definition) is 5. The molecule has 2 aromatic carbocycles. The number of rotatable bonds is 6. The van der Waals surface area contributed by atoms with Crippen LogP contribution in [0.1, 0.15) is 24.1 Å². The summed E-state index contributed by atoms with van der Waals surface area (Å²) in [4.78, 5) is 13.8. The van der Waals surface area contributed by atoms with Crippen molar-refractivity contribution in [3.8, 4) is 27.6 Å². The highest BCUT2D eigenvalue weighted by molar-refractivity contribution is 7.71. The van der Waals surface area contributed by atoms with Crippen molar-refractivity contribution in [2.75, 3.05) is 6.61 Å². The number of fused-ring (bicyclic) bond motifs is 1. The predicted molar refractivity (Wildman–Crippen MR) is 128 cm³/mol. The van der Waals surface area contributed by atoms with Crippen molar-refractivity contribution in [2.24, 2.45) is 0 Å². The Morgan fingerprint density at radius 1 is 1.25 bits per heavy atom. The molecule has 3 heterocycles. The van der Waals surface area contributed by atoms with Crippen molar-refractivity contribution in [3.05, 3.63) is 75.9 Å². The van der Waals surface area contributed by atoms with Gasteiger partial charge in [0, 0.05) is 13.0 Å². The van der Waals surface area contributed by atoms with Gasteiger partial charge in [-0.2, -0.15) is 5.10 Å². The lowest BCUT2D eigenvalue weighted by atomic mass is 10.0. The SMILES string of the molecule is CC(C(=O)NCc1ccc(-c2ccc3c(c2)CCO3)cc1)n1c(-c2cccs2)n[nH]c1=S. The van der Waals surface area contributed by atoms with Crippen LogP contribution in [0.2, 0.25) is 0 Å². The van der Waals surface area contributed by atoms with E-state index >= 15 is 0 Å². The van der Waals surface area contributed by atoms with Crippen LogP contribution in [0.3, 0.4) is 0 Å². The number of hydrogen-bond donors (Lipinski definition) is 2. The number of ether oxygens (including phenoxy) is 1. The van der Waals surface area contributed by atoms with Crippen LogP contribution in [0.15, 0.2) is 60.0 Å². The van der Waals surface area contributed by atoms with Gasteiger partial charge in [-0.25, -0.2) is 0 Å². The summed E-state index contributed by atoms with van der Waals surface area (Å²) < 4.78 is 7.78. The fourth-order valence-corrected chi connectivity index (χ4v) is 4.88. The van der Waals surface area contributed by atoms with E-state index in [9.17, 15) is 4.79 Å². The van der Waals surface area contributed by atoms with E-state index in [0.29, 0.717) is 17.1 Å². The molecule has 162 valence electrons. The number of nitrogens with one attached hydrogen (secondary N) is 2. The maximum Gasteiger partial charge on any atom is 0.243 e. The van der Waals surface area contributed by atoms with Gasteiger partial charge in [0.05, 0.1) is 11.5 Å². The molecule has 1 aliphatic rings. The molecule has 1 amide bonds. The molecule has 0 spiro atoms. The van der Waals surface area contributed by atoms with Crippen LogP contribution in [0, 0.1) is 4.77 Å². The Bertz CT molecular complexity index is 1310. The zero-order chi connectivity index (χ0) is 22.1. The number of carbonyl (C=O) groups is 1. The maximum atomic E-state index is 12.9. The summed E-state index contributed by atoms with van der Waals surface area (Å²) in [5, 5.41) is 12.1. The Morgan fingerprint density at radius 3 is 2.84 bits per heavy atom. The Hall–Kier alpha value is -3.23. The first-order valence-electron chi connectivity index (χ1n) is 10.4. The molecule has 0 saturated carbocycles. The first-order valence-corrected chi connectivity index (χ1v) is 11.7. The molecule has 0 saturated heterocycles. The first kappa shape index (κ1) is 20.7. The molecule has 0 radical (unpaired) electrons. The molecule has 2 N–H and O–H groups in total. The van der Waals surface area contributed by atoms with E-state index in [-0.39, 0.29) is 5.91 Å². The van der Waals surface area contributed by atoms with Gasteiger partial charge in [0.1, 0.15) is 11.8 Å². The molecule has 0 fully saturated rings. The van der Waals surface area contributed by atoms with Crippen molar-refractivity contribution >= 4 is 29.5 Å². The van der Waals surface area contributed by atoms with E-state index in [4.69, 9.17) is 17.0 Å². The number of benzene rings is 2. The summed E-state index contributed by atoms with van der Waals surface area (Å²) >= 11 is 6.93. The van der Waals surface area contributed by atoms with Crippen LogP contribution in [0.25, 0.3) is 21.8 Å². The quantitative estimate of drug-likeness (QED) is 0.389. The topological polar surface area (TPSA) is 71.9 Å². The van der Waals surface area contributed by atoms with Gasteiger partial charge >= 0.3 is 0 Å². The second-order valence-corrected chi connectivity index (χ2v) is 9.05. The van der Waals surface area contributed by atoms with Gasteiger partial charge in [-0.05, 0) is 65.0 Å². The first-order chi connectivity index (χ1) is 15.6. The highest BCUT2D eigenvalue weighted by Crippen LogP contribution is 2.30. The third kappa shape index (κ3) is 3.99. The average molecular weight is 463 g/mol. The number of aromatic nitrogens is 3. The standard InChI is InChI=1S/C24H22N4O2S2/c1-15(28-22(26-27-24(28)31)21-3-2-12-32-21)23(29)25-14-16-4-6-17(7-5-16)18-8-9-20-19(13-18)10-11-30-20/h2-9,12-13,15H,10-11,14H2,1H3,(H,25,29)(H,27,31). The molecule has 0 aliphatic carbocycles. The minimum absolute atomic E-state index is 0.108. The largest absolute Gasteiger partial charge is 0.493 e. The van der Waals surface area contributed by atoms with E-state index < -0.39 is 6.04 Å². The van der Waals surface area contributed by atoms with Crippen LogP contribution in [-0.2, 0) is 17.8 Å². The molecule has 8 heteroatoms. The molecule has 2 aromatic heterocycles. The number of H-pyrrole nitrogens is 1. The number of nitrogens with zero attached hydrogens (tertiary/aromatic N) is 2. The van der Waals surface area contributed by atoms with Crippen molar-refractivity contribution in [3.63, 3.8) is 0 Å². The molecular weight excluding hydrogens is 440 g/mol. The van der Waals surface area contributed by atoms with Crippen LogP contribution >= 0.6 is 23.6 Å². The zero-order valence-electron chi connectivity index (χ0n) is 17.5. The lowest BCUT2D eigenvalue weighted by Gasteiger charge is -2.15. The Labute approximate surface area is 194 Å². The van der Waals surface area contributed by atoms with Gasteiger partial charge < -0.3 is 10.1 Å². The Morgan fingerprint density at radius 2 is 2.06 bits per heavy atom. The van der Waals surface area contributed by atoms with Gasteiger partial charge in [-0.1, -0.05) is 36.4 Å². The number of thiophene rings is 1. The lowest BCUT2D eigenvalue weighted by Crippen LogP contribution is -2.31. The van der Waals surface area contributed by atoms with Crippen molar-refractivity contribution in [2.45, 2.75) is 25.9 Å². The molecule has 5 rings (SSSR count). The van der Waals surface area contributed by atoms with Crippen LogP contribution in [0.4, 0.5) is 0 Å². The molecule has 1 atom stereocenters. The van der Waals surface area contributed by atoms with Gasteiger partial charge in [0.2, 0.25) is 5.91 Å². The van der Waals surface area contributed by atoms with Crippen LogP contribution < -0.4 is 10.1 Å². The van der Waals surface area contributed by atoms with Gasteiger partial charge in [0.15, 0.2) is 10.6 Å². The smallest absolute Gasteiger partial charge is 0.243 e. The van der Waals surface area contributed by atoms with E-state index in [1.54, 1.807) is 15.9 Å². The Balaban J connectivity index is 1.26. The molecule has 1 aliphatic heterocycles. The van der Waals surface area contributed by atoms with E-state index in [1.165, 1.54) is 11.1 Å². The summed E-state index contributed by atoms with van der Waals surface area (Å²) in [7, 11) is 0. The fourth-order valence-electron chi connectivity index (χ4n) is 3.88. The van der Waals surface area contributed by atoms with Crippen LogP contribution in [-0.4, -0.2) is 27.3 Å². The third-order valence-electron chi connectivity index (χ3n) is 5.66. The minimum Gasteiger partial charge on any atom is -0.493 e. The second kappa shape index (κ2) is 8.72. The molecular formula is C24H22N4O2S2. The summed E-state index contributed by atoms with van der Waals surface area (Å²) in [6.07, 6.45) is 0.959. The van der Waals surface area contributed by atoms with Crippen molar-refractivity contribution < 1.29 is 9.53 Å². The van der Waals surface area contributed by atoms with E-state index in [0.717, 1.165) is 34.8 Å². The third-order valence-corrected chi connectivity index (χ3v) is 6.81.